The topological polar surface area (TPSA) is 74.8 Å². The Bertz CT molecular complexity index is 1180. The van der Waals surface area contributed by atoms with Crippen LogP contribution in [0.5, 0.6) is 0 Å². The summed E-state index contributed by atoms with van der Waals surface area (Å²) < 4.78 is 0. The third-order valence-electron chi connectivity index (χ3n) is 4.73. The first-order chi connectivity index (χ1) is 14.0. The monoisotopic (exact) mass is 383 g/mol. The number of imidazole rings is 1. The highest BCUT2D eigenvalue weighted by atomic mass is 16.1. The van der Waals surface area contributed by atoms with Gasteiger partial charge >= 0.3 is 0 Å². The molecular weight excluding hydrogens is 362 g/mol. The average Bonchev–Trinajstić information content (AvgIpc) is 3.17. The quantitative estimate of drug-likeness (QED) is 0.473. The number of nitrogens with zero attached hydrogens (tertiary/aromatic N) is 1. The second-order valence-corrected chi connectivity index (χ2v) is 7.23. The van der Waals surface area contributed by atoms with Gasteiger partial charge in [0.1, 0.15) is 5.82 Å². The number of hydrogen-bond acceptors (Lipinski definition) is 3. The van der Waals surface area contributed by atoms with Gasteiger partial charge in [-0.2, -0.15) is 0 Å². The summed E-state index contributed by atoms with van der Waals surface area (Å²) in [4.78, 5) is 32.4. The van der Waals surface area contributed by atoms with E-state index in [0.717, 1.165) is 22.3 Å². The fourth-order valence-electron chi connectivity index (χ4n) is 3.04. The number of benzene rings is 3. The number of nitrogens with one attached hydrogen (secondary N) is 2. The van der Waals surface area contributed by atoms with Crippen LogP contribution in [0, 0.1) is 5.92 Å². The fourth-order valence-corrected chi connectivity index (χ4v) is 3.04. The summed E-state index contributed by atoms with van der Waals surface area (Å²) in [5, 5.41) is 2.88. The van der Waals surface area contributed by atoms with Crippen LogP contribution in [0.25, 0.3) is 22.4 Å². The zero-order valence-corrected chi connectivity index (χ0v) is 16.3. The maximum Gasteiger partial charge on any atom is 0.226 e. The molecule has 0 aliphatic carbocycles. The van der Waals surface area contributed by atoms with E-state index < -0.39 is 0 Å². The van der Waals surface area contributed by atoms with Gasteiger partial charge in [0.2, 0.25) is 5.91 Å². The molecule has 0 radical (unpaired) electrons. The molecule has 5 heteroatoms. The molecule has 0 aliphatic heterocycles. The normalized spacial score (nSPS) is 11.0. The predicted octanol–water partition coefficient (Wildman–Crippen LogP) is 5.06. The second-order valence-electron chi connectivity index (χ2n) is 7.23. The van der Waals surface area contributed by atoms with E-state index >= 15 is 0 Å². The van der Waals surface area contributed by atoms with Gasteiger partial charge in [-0.1, -0.05) is 44.2 Å². The minimum absolute atomic E-state index is 0.0166. The van der Waals surface area contributed by atoms with Crippen LogP contribution in [0.15, 0.2) is 72.8 Å². The molecule has 1 aromatic heterocycles. The number of hydrogen-bond donors (Lipinski definition) is 2. The first-order valence-corrected chi connectivity index (χ1v) is 9.52. The lowest BCUT2D eigenvalue weighted by Crippen LogP contribution is -2.17. The molecule has 3 aromatic carbocycles. The standard InChI is InChI=1S/C24H21N3O2/c1-15(2)24(29)25-19-11-8-17(9-12-19)23-26-20-13-10-18(14-21(20)27-23)22(28)16-6-4-3-5-7-16/h3-15H,1-2H3,(H,25,29)(H,26,27). The molecule has 5 nitrogen and oxygen atoms in total. The van der Waals surface area contributed by atoms with Gasteiger partial charge in [0.05, 0.1) is 11.0 Å². The smallest absolute Gasteiger partial charge is 0.226 e. The molecular formula is C24H21N3O2. The van der Waals surface area contributed by atoms with E-state index in [1.807, 2.05) is 80.6 Å². The predicted molar refractivity (Wildman–Crippen MR) is 115 cm³/mol. The van der Waals surface area contributed by atoms with Gasteiger partial charge in [-0.25, -0.2) is 4.98 Å². The molecule has 0 saturated carbocycles. The molecule has 0 unspecified atom stereocenters. The molecule has 144 valence electrons. The van der Waals surface area contributed by atoms with Crippen molar-refractivity contribution < 1.29 is 9.59 Å². The lowest BCUT2D eigenvalue weighted by molar-refractivity contribution is -0.118. The highest BCUT2D eigenvalue weighted by molar-refractivity contribution is 6.10. The Morgan fingerprint density at radius 1 is 0.897 bits per heavy atom. The zero-order valence-electron chi connectivity index (χ0n) is 16.3. The number of fused-ring (bicyclic) bond motifs is 1. The molecule has 4 rings (SSSR count). The van der Waals surface area contributed by atoms with E-state index in [-0.39, 0.29) is 17.6 Å². The van der Waals surface area contributed by atoms with Gasteiger partial charge in [0, 0.05) is 28.3 Å². The fraction of sp³-hybridized carbons (Fsp3) is 0.125. The first-order valence-electron chi connectivity index (χ1n) is 9.52. The van der Waals surface area contributed by atoms with E-state index in [2.05, 4.69) is 15.3 Å². The van der Waals surface area contributed by atoms with Crippen molar-refractivity contribution in [3.8, 4) is 11.4 Å². The van der Waals surface area contributed by atoms with Gasteiger partial charge in [-0.3, -0.25) is 9.59 Å². The Morgan fingerprint density at radius 2 is 1.62 bits per heavy atom. The van der Waals surface area contributed by atoms with Crippen molar-refractivity contribution in [2.24, 2.45) is 5.92 Å². The van der Waals surface area contributed by atoms with Gasteiger partial charge in [-0.05, 0) is 42.5 Å². The third kappa shape index (κ3) is 3.94. The molecule has 0 bridgehead atoms. The first kappa shape index (κ1) is 18.6. The number of anilines is 1. The zero-order chi connectivity index (χ0) is 20.4. The number of H-pyrrole nitrogens is 1. The number of carbonyl (C=O) groups excluding carboxylic acids is 2. The number of ketones is 1. The summed E-state index contributed by atoms with van der Waals surface area (Å²) in [5.74, 6) is 0.606. The highest BCUT2D eigenvalue weighted by Crippen LogP contribution is 2.24. The van der Waals surface area contributed by atoms with Crippen LogP contribution in [0.3, 0.4) is 0 Å². The van der Waals surface area contributed by atoms with Crippen LogP contribution in [0.2, 0.25) is 0 Å². The molecule has 2 N–H and O–H groups in total. The maximum absolute atomic E-state index is 12.7. The van der Waals surface area contributed by atoms with Gasteiger partial charge in [0.25, 0.3) is 0 Å². The van der Waals surface area contributed by atoms with E-state index in [9.17, 15) is 9.59 Å². The molecule has 29 heavy (non-hydrogen) atoms. The number of aromatic amines is 1. The van der Waals surface area contributed by atoms with Crippen molar-refractivity contribution in [2.75, 3.05) is 5.32 Å². The summed E-state index contributed by atoms with van der Waals surface area (Å²) >= 11 is 0. The van der Waals surface area contributed by atoms with Gasteiger partial charge < -0.3 is 10.3 Å². The van der Waals surface area contributed by atoms with Crippen LogP contribution in [0.4, 0.5) is 5.69 Å². The molecule has 0 spiro atoms. The highest BCUT2D eigenvalue weighted by Gasteiger charge is 2.12. The summed E-state index contributed by atoms with van der Waals surface area (Å²) in [5.41, 5.74) is 4.52. The lowest BCUT2D eigenvalue weighted by atomic mass is 10.0. The van der Waals surface area contributed by atoms with Crippen molar-refractivity contribution in [2.45, 2.75) is 13.8 Å². The van der Waals surface area contributed by atoms with Crippen LogP contribution in [-0.4, -0.2) is 21.7 Å². The Hall–Kier alpha value is -3.73. The number of rotatable bonds is 5. The average molecular weight is 383 g/mol. The largest absolute Gasteiger partial charge is 0.338 e. The van der Waals surface area contributed by atoms with E-state index in [1.165, 1.54) is 0 Å². The van der Waals surface area contributed by atoms with Crippen molar-refractivity contribution >= 4 is 28.4 Å². The summed E-state index contributed by atoms with van der Waals surface area (Å²) in [6, 6.07) is 22.2. The number of amides is 1. The third-order valence-corrected chi connectivity index (χ3v) is 4.73. The Morgan fingerprint density at radius 3 is 2.31 bits per heavy atom. The van der Waals surface area contributed by atoms with Crippen molar-refractivity contribution in [3.05, 3.63) is 83.9 Å². The van der Waals surface area contributed by atoms with E-state index in [1.54, 1.807) is 6.07 Å². The molecule has 0 aliphatic rings. The van der Waals surface area contributed by atoms with E-state index in [4.69, 9.17) is 0 Å². The molecule has 0 saturated heterocycles. The number of carbonyl (C=O) groups is 2. The van der Waals surface area contributed by atoms with Crippen LogP contribution in [0.1, 0.15) is 29.8 Å². The number of aromatic nitrogens is 2. The SMILES string of the molecule is CC(C)C(=O)Nc1ccc(-c2nc3ccc(C(=O)c4ccccc4)cc3[nH]2)cc1. The molecule has 0 fully saturated rings. The second kappa shape index (κ2) is 7.72. The van der Waals surface area contributed by atoms with Gasteiger partial charge in [-0.15, -0.1) is 0 Å². The lowest BCUT2D eigenvalue weighted by Gasteiger charge is -2.07. The minimum Gasteiger partial charge on any atom is -0.338 e. The summed E-state index contributed by atoms with van der Waals surface area (Å²) in [6.07, 6.45) is 0. The van der Waals surface area contributed by atoms with Crippen molar-refractivity contribution in [1.29, 1.82) is 0 Å². The molecule has 1 amide bonds. The minimum atomic E-state index is -0.0714. The molecule has 4 aromatic rings. The Balaban J connectivity index is 1.59. The van der Waals surface area contributed by atoms with E-state index in [0.29, 0.717) is 17.0 Å². The Kier molecular flexibility index (Phi) is 4.96. The van der Waals surface area contributed by atoms with Crippen LogP contribution >= 0.6 is 0 Å². The molecule has 0 atom stereocenters. The van der Waals surface area contributed by atoms with Crippen LogP contribution in [-0.2, 0) is 4.79 Å². The van der Waals surface area contributed by atoms with Crippen molar-refractivity contribution in [3.63, 3.8) is 0 Å². The van der Waals surface area contributed by atoms with Crippen molar-refractivity contribution in [1.82, 2.24) is 9.97 Å². The summed E-state index contributed by atoms with van der Waals surface area (Å²) in [7, 11) is 0. The Labute approximate surface area is 168 Å². The van der Waals surface area contributed by atoms with Crippen LogP contribution < -0.4 is 5.32 Å². The summed E-state index contributed by atoms with van der Waals surface area (Å²) in [6.45, 7) is 3.71. The molecule has 1 heterocycles. The maximum atomic E-state index is 12.7. The van der Waals surface area contributed by atoms with Gasteiger partial charge in [0.15, 0.2) is 5.78 Å².